The Morgan fingerprint density at radius 2 is 1.50 bits per heavy atom. The van der Waals surface area contributed by atoms with Crippen molar-refractivity contribution in [2.75, 3.05) is 0 Å². The Hall–Kier alpha value is -2.72. The molecule has 0 saturated heterocycles. The van der Waals surface area contributed by atoms with Crippen LogP contribution in [-0.2, 0) is 0 Å². The molecule has 0 atom stereocenters. The fraction of sp³-hybridized carbons (Fsp3) is 0. The molecule has 4 nitrogen and oxygen atoms in total. The summed E-state index contributed by atoms with van der Waals surface area (Å²) in [5.74, 6) is 0.0377. The molecular formula is C17H9ClN2O2. The molecule has 0 saturated carbocycles. The number of imidazole rings is 1. The molecule has 1 aliphatic carbocycles. The molecule has 1 aliphatic rings. The normalized spacial score (nSPS) is 13.0. The minimum Gasteiger partial charge on any atom is -0.335 e. The standard InChI is InChI=1S/C17H9ClN2O2/c18-10-7-5-9(6-8-10)17-19-13-14(20-17)16(22)12-4-2-1-3-11(12)15(13)21/h1-8H,(H,19,20). The van der Waals surface area contributed by atoms with Gasteiger partial charge in [0.1, 0.15) is 17.2 Å². The Bertz CT molecular complexity index is 874. The number of H-pyrrole nitrogens is 1. The summed E-state index contributed by atoms with van der Waals surface area (Å²) >= 11 is 5.87. The summed E-state index contributed by atoms with van der Waals surface area (Å²) < 4.78 is 0. The lowest BCUT2D eigenvalue weighted by atomic mass is 9.90. The van der Waals surface area contributed by atoms with Gasteiger partial charge in [0.15, 0.2) is 0 Å². The average Bonchev–Trinajstić information content (AvgIpc) is 2.99. The number of hydrogen-bond acceptors (Lipinski definition) is 3. The first kappa shape index (κ1) is 13.0. The monoisotopic (exact) mass is 308 g/mol. The Morgan fingerprint density at radius 1 is 0.864 bits per heavy atom. The molecule has 0 fully saturated rings. The van der Waals surface area contributed by atoms with Gasteiger partial charge in [0.2, 0.25) is 11.6 Å². The summed E-state index contributed by atoms with van der Waals surface area (Å²) in [6.45, 7) is 0. The summed E-state index contributed by atoms with van der Waals surface area (Å²) in [4.78, 5) is 32.3. The minimum absolute atomic E-state index is 0.175. The smallest absolute Gasteiger partial charge is 0.214 e. The summed E-state index contributed by atoms with van der Waals surface area (Å²) in [7, 11) is 0. The molecule has 1 heterocycles. The number of carbonyl (C=O) groups excluding carboxylic acids is 2. The van der Waals surface area contributed by atoms with Gasteiger partial charge in [0.25, 0.3) is 0 Å². The number of nitrogens with one attached hydrogen (secondary N) is 1. The van der Waals surface area contributed by atoms with Gasteiger partial charge in [-0.1, -0.05) is 35.9 Å². The van der Waals surface area contributed by atoms with Crippen molar-refractivity contribution in [2.45, 2.75) is 0 Å². The highest BCUT2D eigenvalue weighted by Gasteiger charge is 2.32. The Labute approximate surface area is 130 Å². The maximum absolute atomic E-state index is 12.5. The molecule has 3 aromatic rings. The Balaban J connectivity index is 1.88. The maximum Gasteiger partial charge on any atom is 0.214 e. The molecule has 0 amide bonds. The van der Waals surface area contributed by atoms with Crippen molar-refractivity contribution in [1.29, 1.82) is 0 Å². The quantitative estimate of drug-likeness (QED) is 0.585. The van der Waals surface area contributed by atoms with Crippen molar-refractivity contribution >= 4 is 23.2 Å². The van der Waals surface area contributed by atoms with E-state index in [2.05, 4.69) is 9.97 Å². The van der Waals surface area contributed by atoms with Crippen LogP contribution in [0.2, 0.25) is 5.02 Å². The lowest BCUT2D eigenvalue weighted by Crippen LogP contribution is -2.20. The van der Waals surface area contributed by atoms with Gasteiger partial charge < -0.3 is 4.98 Å². The number of benzene rings is 2. The van der Waals surface area contributed by atoms with E-state index >= 15 is 0 Å². The molecule has 0 radical (unpaired) electrons. The van der Waals surface area contributed by atoms with Crippen LogP contribution in [0.4, 0.5) is 0 Å². The number of rotatable bonds is 1. The topological polar surface area (TPSA) is 62.8 Å². The number of fused-ring (bicyclic) bond motifs is 2. The Morgan fingerprint density at radius 3 is 2.18 bits per heavy atom. The lowest BCUT2D eigenvalue weighted by molar-refractivity contribution is 0.0974. The molecule has 0 bridgehead atoms. The Kier molecular flexibility index (Phi) is 2.74. The van der Waals surface area contributed by atoms with Crippen molar-refractivity contribution < 1.29 is 9.59 Å². The van der Waals surface area contributed by atoms with E-state index in [1.54, 1.807) is 48.5 Å². The first-order chi connectivity index (χ1) is 10.6. The van der Waals surface area contributed by atoms with Crippen molar-refractivity contribution in [2.24, 2.45) is 0 Å². The highest BCUT2D eigenvalue weighted by atomic mass is 35.5. The molecular weight excluding hydrogens is 300 g/mol. The third-order valence-electron chi connectivity index (χ3n) is 3.68. The van der Waals surface area contributed by atoms with Crippen LogP contribution >= 0.6 is 11.6 Å². The second-order valence-electron chi connectivity index (χ2n) is 5.02. The first-order valence-electron chi connectivity index (χ1n) is 6.69. The van der Waals surface area contributed by atoms with Gasteiger partial charge in [-0.2, -0.15) is 0 Å². The molecule has 0 unspecified atom stereocenters. The van der Waals surface area contributed by atoms with E-state index in [-0.39, 0.29) is 23.0 Å². The van der Waals surface area contributed by atoms with Crippen LogP contribution in [0.1, 0.15) is 32.1 Å². The fourth-order valence-electron chi connectivity index (χ4n) is 2.59. The molecule has 4 rings (SSSR count). The van der Waals surface area contributed by atoms with Crippen LogP contribution in [0.5, 0.6) is 0 Å². The van der Waals surface area contributed by atoms with Crippen LogP contribution in [0.3, 0.4) is 0 Å². The van der Waals surface area contributed by atoms with Crippen molar-refractivity contribution in [3.05, 3.63) is 76.1 Å². The summed E-state index contributed by atoms with van der Waals surface area (Å²) in [5, 5.41) is 0.611. The lowest BCUT2D eigenvalue weighted by Gasteiger charge is -2.11. The number of nitrogens with zero attached hydrogens (tertiary/aromatic N) is 1. The minimum atomic E-state index is -0.235. The van der Waals surface area contributed by atoms with Crippen LogP contribution in [0.25, 0.3) is 11.4 Å². The molecule has 0 aliphatic heterocycles. The van der Waals surface area contributed by atoms with Crippen LogP contribution in [0, 0.1) is 0 Å². The number of aromatic amines is 1. The van der Waals surface area contributed by atoms with Gasteiger partial charge in [0.05, 0.1) is 0 Å². The van der Waals surface area contributed by atoms with E-state index in [1.807, 2.05) is 0 Å². The second-order valence-corrected chi connectivity index (χ2v) is 5.46. The molecule has 2 aromatic carbocycles. The molecule has 5 heteroatoms. The SMILES string of the molecule is O=C1c2ccccc2C(=O)c2[nH]c(-c3ccc(Cl)cc3)nc21. The van der Waals surface area contributed by atoms with Gasteiger partial charge >= 0.3 is 0 Å². The molecule has 1 aromatic heterocycles. The van der Waals surface area contributed by atoms with Crippen molar-refractivity contribution in [3.63, 3.8) is 0 Å². The molecule has 22 heavy (non-hydrogen) atoms. The number of halogens is 1. The summed E-state index contributed by atoms with van der Waals surface area (Å²) in [5.41, 5.74) is 1.99. The van der Waals surface area contributed by atoms with E-state index < -0.39 is 0 Å². The predicted octanol–water partition coefficient (Wildman–Crippen LogP) is 3.51. The van der Waals surface area contributed by atoms with E-state index in [0.717, 1.165) is 5.56 Å². The van der Waals surface area contributed by atoms with Crippen LogP contribution < -0.4 is 0 Å². The molecule has 1 N–H and O–H groups in total. The van der Waals surface area contributed by atoms with Gasteiger partial charge in [0, 0.05) is 21.7 Å². The third-order valence-corrected chi connectivity index (χ3v) is 3.93. The second kappa shape index (κ2) is 4.64. The van der Waals surface area contributed by atoms with Crippen LogP contribution in [-0.4, -0.2) is 21.5 Å². The highest BCUT2D eigenvalue weighted by molar-refractivity contribution is 6.30. The predicted molar refractivity (Wildman–Crippen MR) is 82.3 cm³/mol. The fourth-order valence-corrected chi connectivity index (χ4v) is 2.71. The van der Waals surface area contributed by atoms with Gasteiger partial charge in [-0.05, 0) is 24.3 Å². The first-order valence-corrected chi connectivity index (χ1v) is 7.07. The number of aromatic nitrogens is 2. The molecule has 106 valence electrons. The van der Waals surface area contributed by atoms with Gasteiger partial charge in [-0.15, -0.1) is 0 Å². The van der Waals surface area contributed by atoms with E-state index in [4.69, 9.17) is 11.6 Å². The third kappa shape index (κ3) is 1.81. The average molecular weight is 309 g/mol. The number of ketones is 2. The zero-order valence-electron chi connectivity index (χ0n) is 11.3. The van der Waals surface area contributed by atoms with E-state index in [9.17, 15) is 9.59 Å². The van der Waals surface area contributed by atoms with Crippen molar-refractivity contribution in [1.82, 2.24) is 9.97 Å². The number of carbonyl (C=O) groups is 2. The van der Waals surface area contributed by atoms with Crippen molar-refractivity contribution in [3.8, 4) is 11.4 Å². The summed E-state index contributed by atoms with van der Waals surface area (Å²) in [6, 6.07) is 13.8. The van der Waals surface area contributed by atoms with Gasteiger partial charge in [-0.3, -0.25) is 9.59 Å². The highest BCUT2D eigenvalue weighted by Crippen LogP contribution is 2.28. The summed E-state index contributed by atoms with van der Waals surface area (Å²) in [6.07, 6.45) is 0. The zero-order chi connectivity index (χ0) is 15.3. The van der Waals surface area contributed by atoms with E-state index in [1.165, 1.54) is 0 Å². The van der Waals surface area contributed by atoms with Crippen LogP contribution in [0.15, 0.2) is 48.5 Å². The van der Waals surface area contributed by atoms with Gasteiger partial charge in [-0.25, -0.2) is 4.98 Å². The largest absolute Gasteiger partial charge is 0.335 e. The maximum atomic E-state index is 12.5. The molecule has 0 spiro atoms. The number of hydrogen-bond donors (Lipinski definition) is 1. The zero-order valence-corrected chi connectivity index (χ0v) is 12.0. The van der Waals surface area contributed by atoms with E-state index in [0.29, 0.717) is 22.0 Å².